The highest BCUT2D eigenvalue weighted by Gasteiger charge is 2.04. The number of aromatic nitrogens is 2. The number of hydrogen-bond acceptors (Lipinski definition) is 3. The fraction of sp³-hybridized carbons (Fsp3) is 0.222. The van der Waals surface area contributed by atoms with E-state index in [-0.39, 0.29) is 5.91 Å². The van der Waals surface area contributed by atoms with Gasteiger partial charge in [0, 0.05) is 36.8 Å². The average Bonchev–Trinajstić information content (AvgIpc) is 3.25. The molecule has 0 radical (unpaired) electrons. The zero-order valence-corrected chi connectivity index (χ0v) is 13.6. The summed E-state index contributed by atoms with van der Waals surface area (Å²) in [4.78, 5) is 17.2. The molecule has 0 aliphatic heterocycles. The van der Waals surface area contributed by atoms with Crippen molar-refractivity contribution in [2.45, 2.75) is 25.9 Å². The maximum absolute atomic E-state index is 11.9. The number of nitrogens with zero attached hydrogens (tertiary/aromatic N) is 2. The molecule has 3 rings (SSSR count). The summed E-state index contributed by atoms with van der Waals surface area (Å²) in [5.74, 6) is 0.0958. The lowest BCUT2D eigenvalue weighted by Crippen LogP contribution is -2.22. The molecule has 0 aliphatic rings. The Hall–Kier alpha value is -2.40. The molecule has 5 heteroatoms. The van der Waals surface area contributed by atoms with E-state index in [0.29, 0.717) is 13.0 Å². The number of carbonyl (C=O) groups is 1. The largest absolute Gasteiger partial charge is 0.352 e. The van der Waals surface area contributed by atoms with E-state index in [1.165, 1.54) is 10.4 Å². The van der Waals surface area contributed by atoms with Gasteiger partial charge in [0.05, 0.1) is 6.33 Å². The highest BCUT2D eigenvalue weighted by molar-refractivity contribution is 7.09. The van der Waals surface area contributed by atoms with Gasteiger partial charge in [-0.2, -0.15) is 0 Å². The number of rotatable bonds is 7. The van der Waals surface area contributed by atoms with E-state index in [0.717, 1.165) is 18.5 Å². The van der Waals surface area contributed by atoms with Crippen LogP contribution in [0.4, 0.5) is 0 Å². The molecule has 0 aliphatic carbocycles. The van der Waals surface area contributed by atoms with Gasteiger partial charge < -0.3 is 9.88 Å². The quantitative estimate of drug-likeness (QED) is 0.725. The summed E-state index contributed by atoms with van der Waals surface area (Å²) >= 11 is 1.70. The predicted molar refractivity (Wildman–Crippen MR) is 92.3 cm³/mol. The molecular formula is C18H19N3OS. The van der Waals surface area contributed by atoms with Crippen LogP contribution in [0.15, 0.2) is 60.5 Å². The maximum Gasteiger partial charge on any atom is 0.220 e. The zero-order chi connectivity index (χ0) is 15.9. The van der Waals surface area contributed by atoms with E-state index in [2.05, 4.69) is 28.5 Å². The summed E-state index contributed by atoms with van der Waals surface area (Å²) in [6.07, 6.45) is 6.87. The third-order valence-electron chi connectivity index (χ3n) is 3.58. The zero-order valence-electron chi connectivity index (χ0n) is 12.8. The number of amides is 1. The first-order chi connectivity index (χ1) is 11.3. The highest BCUT2D eigenvalue weighted by Crippen LogP contribution is 2.11. The number of thiophene rings is 1. The van der Waals surface area contributed by atoms with Crippen LogP contribution in [0.5, 0.6) is 0 Å². The van der Waals surface area contributed by atoms with Crippen molar-refractivity contribution in [1.82, 2.24) is 14.9 Å². The van der Waals surface area contributed by atoms with Crippen molar-refractivity contribution in [1.29, 1.82) is 0 Å². The normalized spacial score (nSPS) is 10.6. The summed E-state index contributed by atoms with van der Waals surface area (Å²) in [7, 11) is 0. The molecule has 4 nitrogen and oxygen atoms in total. The minimum Gasteiger partial charge on any atom is -0.352 e. The second-order valence-electron chi connectivity index (χ2n) is 5.41. The Kier molecular flexibility index (Phi) is 5.21. The summed E-state index contributed by atoms with van der Waals surface area (Å²) in [6, 6.07) is 12.4. The van der Waals surface area contributed by atoms with Gasteiger partial charge in [-0.1, -0.05) is 30.3 Å². The molecule has 1 N–H and O–H groups in total. The van der Waals surface area contributed by atoms with Crippen LogP contribution in [0.3, 0.4) is 0 Å². The van der Waals surface area contributed by atoms with E-state index in [1.54, 1.807) is 23.9 Å². The number of hydrogen-bond donors (Lipinski definition) is 1. The first-order valence-corrected chi connectivity index (χ1v) is 8.50. The molecule has 0 atom stereocenters. The molecule has 0 spiro atoms. The number of nitrogens with one attached hydrogen (secondary N) is 1. The summed E-state index contributed by atoms with van der Waals surface area (Å²) < 4.78 is 2.03. The minimum atomic E-state index is 0.0958. The Morgan fingerprint density at radius 2 is 2.13 bits per heavy atom. The molecule has 0 bridgehead atoms. The lowest BCUT2D eigenvalue weighted by atomic mass is 10.1. The Balaban J connectivity index is 1.48. The second kappa shape index (κ2) is 7.74. The second-order valence-corrected chi connectivity index (χ2v) is 6.44. The van der Waals surface area contributed by atoms with Gasteiger partial charge in [-0.05, 0) is 29.0 Å². The highest BCUT2D eigenvalue weighted by atomic mass is 32.1. The van der Waals surface area contributed by atoms with E-state index in [4.69, 9.17) is 0 Å². The van der Waals surface area contributed by atoms with Gasteiger partial charge in [0.25, 0.3) is 0 Å². The maximum atomic E-state index is 11.9. The predicted octanol–water partition coefficient (Wildman–Crippen LogP) is 3.24. The van der Waals surface area contributed by atoms with Crippen molar-refractivity contribution >= 4 is 17.2 Å². The third-order valence-corrected chi connectivity index (χ3v) is 4.52. The molecule has 0 unspecified atom stereocenters. The van der Waals surface area contributed by atoms with Crippen LogP contribution in [-0.2, 0) is 24.3 Å². The van der Waals surface area contributed by atoms with Gasteiger partial charge in [-0.25, -0.2) is 4.98 Å². The molecule has 1 amide bonds. The molecule has 2 heterocycles. The molecule has 3 aromatic rings. The number of imidazole rings is 1. The molecular weight excluding hydrogens is 306 g/mol. The van der Waals surface area contributed by atoms with Gasteiger partial charge in [-0.15, -0.1) is 11.3 Å². The Bertz CT molecular complexity index is 735. The van der Waals surface area contributed by atoms with Crippen molar-refractivity contribution in [3.05, 3.63) is 76.5 Å². The van der Waals surface area contributed by atoms with Crippen LogP contribution < -0.4 is 5.32 Å². The van der Waals surface area contributed by atoms with Crippen molar-refractivity contribution < 1.29 is 4.79 Å². The molecule has 2 aromatic heterocycles. The fourth-order valence-electron chi connectivity index (χ4n) is 2.41. The molecule has 1 aromatic carbocycles. The smallest absolute Gasteiger partial charge is 0.220 e. The van der Waals surface area contributed by atoms with Gasteiger partial charge in [-0.3, -0.25) is 4.79 Å². The monoisotopic (exact) mass is 325 g/mol. The van der Waals surface area contributed by atoms with Crippen molar-refractivity contribution in [2.24, 2.45) is 0 Å². The topological polar surface area (TPSA) is 46.9 Å². The van der Waals surface area contributed by atoms with Crippen LogP contribution in [-0.4, -0.2) is 15.5 Å². The van der Waals surface area contributed by atoms with E-state index in [1.807, 2.05) is 34.3 Å². The average molecular weight is 325 g/mol. The van der Waals surface area contributed by atoms with E-state index in [9.17, 15) is 4.79 Å². The van der Waals surface area contributed by atoms with Crippen LogP contribution in [0, 0.1) is 0 Å². The van der Waals surface area contributed by atoms with Crippen LogP contribution in [0.1, 0.15) is 22.4 Å². The number of benzene rings is 1. The van der Waals surface area contributed by atoms with Gasteiger partial charge >= 0.3 is 0 Å². The van der Waals surface area contributed by atoms with Gasteiger partial charge in [0.2, 0.25) is 5.91 Å². The van der Waals surface area contributed by atoms with Crippen molar-refractivity contribution in [3.8, 4) is 0 Å². The van der Waals surface area contributed by atoms with Gasteiger partial charge in [0.15, 0.2) is 0 Å². The Morgan fingerprint density at radius 1 is 1.22 bits per heavy atom. The first kappa shape index (κ1) is 15.5. The third kappa shape index (κ3) is 4.79. The molecule has 23 heavy (non-hydrogen) atoms. The Labute approximate surface area is 139 Å². The van der Waals surface area contributed by atoms with Crippen molar-refractivity contribution in [3.63, 3.8) is 0 Å². The number of carbonyl (C=O) groups excluding carboxylic acids is 1. The first-order valence-electron chi connectivity index (χ1n) is 7.62. The van der Waals surface area contributed by atoms with Gasteiger partial charge in [0.1, 0.15) is 0 Å². The lowest BCUT2D eigenvalue weighted by molar-refractivity contribution is -0.121. The molecule has 0 saturated carbocycles. The summed E-state index contributed by atoms with van der Waals surface area (Å²) in [5.41, 5.74) is 2.32. The molecule has 0 saturated heterocycles. The van der Waals surface area contributed by atoms with E-state index >= 15 is 0 Å². The Morgan fingerprint density at radius 3 is 2.91 bits per heavy atom. The minimum absolute atomic E-state index is 0.0958. The lowest BCUT2D eigenvalue weighted by Gasteiger charge is -2.08. The molecule has 0 fully saturated rings. The van der Waals surface area contributed by atoms with Crippen LogP contribution in [0.2, 0.25) is 0 Å². The summed E-state index contributed by atoms with van der Waals surface area (Å²) in [5, 5.41) is 5.03. The molecule has 118 valence electrons. The van der Waals surface area contributed by atoms with Crippen LogP contribution >= 0.6 is 11.3 Å². The standard InChI is InChI=1S/C18H19N3OS/c22-18(7-6-17-5-2-10-23-17)20-12-15-3-1-4-16(11-15)13-21-9-8-19-14-21/h1-5,8-11,14H,6-7,12-13H2,(H,20,22). The number of aryl methyl sites for hydroxylation is 1. The SMILES string of the molecule is O=C(CCc1cccs1)NCc1cccc(Cn2ccnc2)c1. The fourth-order valence-corrected chi connectivity index (χ4v) is 3.12. The van der Waals surface area contributed by atoms with Crippen molar-refractivity contribution in [2.75, 3.05) is 0 Å². The van der Waals surface area contributed by atoms with Crippen LogP contribution in [0.25, 0.3) is 0 Å². The van der Waals surface area contributed by atoms with E-state index < -0.39 is 0 Å². The summed E-state index contributed by atoms with van der Waals surface area (Å²) in [6.45, 7) is 1.36.